The van der Waals surface area contributed by atoms with Gasteiger partial charge >= 0.3 is 0 Å². The van der Waals surface area contributed by atoms with E-state index in [1.54, 1.807) is 12.1 Å². The Labute approximate surface area is 140 Å². The third-order valence-corrected chi connectivity index (χ3v) is 3.91. The molecule has 2 aromatic carbocycles. The Morgan fingerprint density at radius 2 is 1.76 bits per heavy atom. The van der Waals surface area contributed by atoms with Gasteiger partial charge < -0.3 is 0 Å². The first-order valence-corrected chi connectivity index (χ1v) is 8.07. The number of nitrogens with zero attached hydrogens (tertiary/aromatic N) is 1. The monoisotopic (exact) mass is 408 g/mol. The molecule has 108 valence electrons. The van der Waals surface area contributed by atoms with Crippen LogP contribution >= 0.6 is 31.9 Å². The van der Waals surface area contributed by atoms with Gasteiger partial charge in [-0.05, 0) is 42.3 Å². The molecular weight excluding hydrogens is 396 g/mol. The Morgan fingerprint density at radius 1 is 1.05 bits per heavy atom. The third-order valence-electron chi connectivity index (χ3n) is 2.89. The van der Waals surface area contributed by atoms with Crippen molar-refractivity contribution in [1.29, 1.82) is 0 Å². The van der Waals surface area contributed by atoms with Crippen LogP contribution in [0, 0.1) is 0 Å². The average molecular weight is 410 g/mol. The van der Waals surface area contributed by atoms with E-state index in [0.717, 1.165) is 26.6 Å². The SMILES string of the molecule is CCC(=NNC(=O)c1cccc(Br)c1)c1ccc(Br)cc1. The van der Waals surface area contributed by atoms with Crippen LogP contribution in [-0.4, -0.2) is 11.6 Å². The first-order valence-electron chi connectivity index (χ1n) is 6.48. The maximum atomic E-state index is 12.1. The van der Waals surface area contributed by atoms with Crippen LogP contribution in [0.3, 0.4) is 0 Å². The zero-order valence-corrected chi connectivity index (χ0v) is 14.6. The van der Waals surface area contributed by atoms with E-state index < -0.39 is 0 Å². The van der Waals surface area contributed by atoms with Crippen LogP contribution in [0.25, 0.3) is 0 Å². The van der Waals surface area contributed by atoms with E-state index >= 15 is 0 Å². The fraction of sp³-hybridized carbons (Fsp3) is 0.125. The van der Waals surface area contributed by atoms with Crippen LogP contribution in [0.15, 0.2) is 62.6 Å². The third kappa shape index (κ3) is 4.51. The number of amides is 1. The number of carbonyl (C=O) groups is 1. The summed E-state index contributed by atoms with van der Waals surface area (Å²) < 4.78 is 1.88. The van der Waals surface area contributed by atoms with E-state index in [1.807, 2.05) is 43.3 Å². The van der Waals surface area contributed by atoms with Crippen molar-refractivity contribution >= 4 is 43.5 Å². The van der Waals surface area contributed by atoms with Crippen molar-refractivity contribution < 1.29 is 4.79 Å². The molecule has 3 nitrogen and oxygen atoms in total. The Bertz CT molecular complexity index is 666. The molecular formula is C16H14Br2N2O. The maximum Gasteiger partial charge on any atom is 0.271 e. The normalized spacial score (nSPS) is 11.3. The predicted molar refractivity (Wildman–Crippen MR) is 92.6 cm³/mol. The first-order chi connectivity index (χ1) is 10.1. The Morgan fingerprint density at radius 3 is 2.38 bits per heavy atom. The molecule has 2 rings (SSSR count). The number of hydrogen-bond acceptors (Lipinski definition) is 2. The van der Waals surface area contributed by atoms with Gasteiger partial charge in [0.25, 0.3) is 5.91 Å². The number of nitrogens with one attached hydrogen (secondary N) is 1. The van der Waals surface area contributed by atoms with Crippen molar-refractivity contribution in [3.63, 3.8) is 0 Å². The number of carbonyl (C=O) groups excluding carboxylic acids is 1. The van der Waals surface area contributed by atoms with Gasteiger partial charge in [0, 0.05) is 14.5 Å². The number of hydrogen-bond donors (Lipinski definition) is 1. The highest BCUT2D eigenvalue weighted by Crippen LogP contribution is 2.13. The summed E-state index contributed by atoms with van der Waals surface area (Å²) in [7, 11) is 0. The van der Waals surface area contributed by atoms with Gasteiger partial charge in [0.1, 0.15) is 0 Å². The summed E-state index contributed by atoms with van der Waals surface area (Å²) >= 11 is 6.75. The number of rotatable bonds is 4. The lowest BCUT2D eigenvalue weighted by molar-refractivity contribution is 0.0954. The fourth-order valence-corrected chi connectivity index (χ4v) is 2.47. The number of halogens is 2. The number of hydrazone groups is 1. The summed E-state index contributed by atoms with van der Waals surface area (Å²) in [6.07, 6.45) is 0.737. The second-order valence-corrected chi connectivity index (χ2v) is 6.20. The molecule has 0 saturated heterocycles. The van der Waals surface area contributed by atoms with Gasteiger partial charge in [0.05, 0.1) is 5.71 Å². The molecule has 0 aliphatic carbocycles. The van der Waals surface area contributed by atoms with Gasteiger partial charge in [-0.1, -0.05) is 57.0 Å². The summed E-state index contributed by atoms with van der Waals surface area (Å²) in [4.78, 5) is 12.1. The zero-order chi connectivity index (χ0) is 15.2. The summed E-state index contributed by atoms with van der Waals surface area (Å²) in [5, 5.41) is 4.23. The lowest BCUT2D eigenvalue weighted by atomic mass is 10.1. The molecule has 0 atom stereocenters. The maximum absolute atomic E-state index is 12.1. The molecule has 5 heteroatoms. The van der Waals surface area contributed by atoms with Gasteiger partial charge in [-0.3, -0.25) is 4.79 Å². The number of benzene rings is 2. The molecule has 0 unspecified atom stereocenters. The molecule has 0 spiro atoms. The van der Waals surface area contributed by atoms with Gasteiger partial charge in [-0.2, -0.15) is 5.10 Å². The van der Waals surface area contributed by atoms with Gasteiger partial charge in [0.15, 0.2) is 0 Å². The average Bonchev–Trinajstić information content (AvgIpc) is 2.49. The fourth-order valence-electron chi connectivity index (χ4n) is 1.80. The Kier molecular flexibility index (Phi) is 5.70. The van der Waals surface area contributed by atoms with Crippen molar-refractivity contribution in [1.82, 2.24) is 5.43 Å². The topological polar surface area (TPSA) is 41.5 Å². The quantitative estimate of drug-likeness (QED) is 0.574. The standard InChI is InChI=1S/C16H14Br2N2O/c1-2-15(11-6-8-13(17)9-7-11)19-20-16(21)12-4-3-5-14(18)10-12/h3-10H,2H2,1H3,(H,20,21). The molecule has 0 radical (unpaired) electrons. The molecule has 0 heterocycles. The van der Waals surface area contributed by atoms with E-state index in [9.17, 15) is 4.79 Å². The van der Waals surface area contributed by atoms with E-state index in [4.69, 9.17) is 0 Å². The van der Waals surface area contributed by atoms with Gasteiger partial charge in [-0.25, -0.2) is 5.43 Å². The highest BCUT2D eigenvalue weighted by molar-refractivity contribution is 9.10. The minimum Gasteiger partial charge on any atom is -0.267 e. The largest absolute Gasteiger partial charge is 0.271 e. The van der Waals surface area contributed by atoms with E-state index in [-0.39, 0.29) is 5.91 Å². The molecule has 21 heavy (non-hydrogen) atoms. The molecule has 1 N–H and O–H groups in total. The first kappa shape index (κ1) is 15.9. The summed E-state index contributed by atoms with van der Waals surface area (Å²) in [6.45, 7) is 2.01. The van der Waals surface area contributed by atoms with Gasteiger partial charge in [-0.15, -0.1) is 0 Å². The van der Waals surface area contributed by atoms with E-state index in [0.29, 0.717) is 5.56 Å². The minimum atomic E-state index is -0.223. The smallest absolute Gasteiger partial charge is 0.267 e. The zero-order valence-electron chi connectivity index (χ0n) is 11.4. The lowest BCUT2D eigenvalue weighted by Crippen LogP contribution is -2.19. The van der Waals surface area contributed by atoms with Gasteiger partial charge in [0.2, 0.25) is 0 Å². The van der Waals surface area contributed by atoms with Crippen LogP contribution in [0.4, 0.5) is 0 Å². The van der Waals surface area contributed by atoms with Crippen LogP contribution < -0.4 is 5.43 Å². The van der Waals surface area contributed by atoms with Crippen molar-refractivity contribution in [3.8, 4) is 0 Å². The molecule has 2 aromatic rings. The molecule has 0 aromatic heterocycles. The molecule has 0 bridgehead atoms. The Hall–Kier alpha value is -1.46. The molecule has 0 saturated carbocycles. The van der Waals surface area contributed by atoms with Crippen LogP contribution in [0.5, 0.6) is 0 Å². The second-order valence-electron chi connectivity index (χ2n) is 4.37. The highest BCUT2D eigenvalue weighted by Gasteiger charge is 2.06. The molecule has 0 aliphatic heterocycles. The molecule has 0 fully saturated rings. The summed E-state index contributed by atoms with van der Waals surface area (Å²) in [5.74, 6) is -0.223. The van der Waals surface area contributed by atoms with E-state index in [1.165, 1.54) is 0 Å². The van der Waals surface area contributed by atoms with Crippen LogP contribution in [-0.2, 0) is 0 Å². The predicted octanol–water partition coefficient (Wildman–Crippen LogP) is 4.76. The van der Waals surface area contributed by atoms with Crippen LogP contribution in [0.1, 0.15) is 29.3 Å². The Balaban J connectivity index is 2.14. The summed E-state index contributed by atoms with van der Waals surface area (Å²) in [6, 6.07) is 15.1. The second kappa shape index (κ2) is 7.52. The van der Waals surface area contributed by atoms with Crippen LogP contribution in [0.2, 0.25) is 0 Å². The molecule has 0 aliphatic rings. The molecule has 1 amide bonds. The minimum absolute atomic E-state index is 0.223. The van der Waals surface area contributed by atoms with E-state index in [2.05, 4.69) is 42.4 Å². The summed E-state index contributed by atoms with van der Waals surface area (Å²) in [5.41, 5.74) is 5.01. The van der Waals surface area contributed by atoms with Crippen molar-refractivity contribution in [3.05, 3.63) is 68.6 Å². The van der Waals surface area contributed by atoms with Crippen molar-refractivity contribution in [2.45, 2.75) is 13.3 Å². The van der Waals surface area contributed by atoms with Crippen molar-refractivity contribution in [2.75, 3.05) is 0 Å². The van der Waals surface area contributed by atoms with Crippen molar-refractivity contribution in [2.24, 2.45) is 5.10 Å². The lowest BCUT2D eigenvalue weighted by Gasteiger charge is -2.06. The highest BCUT2D eigenvalue weighted by atomic mass is 79.9.